The molecule has 198 valence electrons. The number of amides is 1. The van der Waals surface area contributed by atoms with Crippen molar-refractivity contribution in [2.24, 2.45) is 0 Å². The standard InChI is InChI=1S/C32H30N2O5/c1-3-29(35)33-22-16-17-24-21(19-22)10-6-15-28(24)38-18-8-14-27-26-13-7-12-25(23-11-5-4-9-20(23)2)30(26)34-31(27)39-32(36)37/h4-7,9-13,15-17,19,34H,3,8,14,18H2,1-2H3,(H,33,35)(H,36,37). The van der Waals surface area contributed by atoms with Gasteiger partial charge in [0.25, 0.3) is 0 Å². The normalized spacial score (nSPS) is 11.0. The lowest BCUT2D eigenvalue weighted by molar-refractivity contribution is -0.115. The molecule has 5 aromatic rings. The van der Waals surface area contributed by atoms with Gasteiger partial charge in [0.2, 0.25) is 11.8 Å². The van der Waals surface area contributed by atoms with Gasteiger partial charge in [0, 0.05) is 34.0 Å². The van der Waals surface area contributed by atoms with E-state index in [2.05, 4.69) is 29.4 Å². The second kappa shape index (κ2) is 11.3. The number of anilines is 1. The summed E-state index contributed by atoms with van der Waals surface area (Å²) in [6, 6.07) is 25.7. The van der Waals surface area contributed by atoms with E-state index in [1.165, 1.54) is 0 Å². The van der Waals surface area contributed by atoms with Crippen molar-refractivity contribution in [1.29, 1.82) is 0 Å². The second-order valence-corrected chi connectivity index (χ2v) is 9.39. The largest absolute Gasteiger partial charge is 0.512 e. The zero-order valence-electron chi connectivity index (χ0n) is 21.9. The lowest BCUT2D eigenvalue weighted by Gasteiger charge is -2.11. The average Bonchev–Trinajstić information content (AvgIpc) is 3.27. The fourth-order valence-corrected chi connectivity index (χ4v) is 4.91. The number of ether oxygens (including phenoxy) is 2. The first kappa shape index (κ1) is 25.9. The van der Waals surface area contributed by atoms with Crippen molar-refractivity contribution in [1.82, 2.24) is 4.98 Å². The van der Waals surface area contributed by atoms with Crippen LogP contribution in [0.5, 0.6) is 11.6 Å². The van der Waals surface area contributed by atoms with E-state index < -0.39 is 6.16 Å². The van der Waals surface area contributed by atoms with Crippen molar-refractivity contribution >= 4 is 39.4 Å². The number of hydrogen-bond donors (Lipinski definition) is 3. The first-order chi connectivity index (χ1) is 18.9. The van der Waals surface area contributed by atoms with Crippen LogP contribution in [0.2, 0.25) is 0 Å². The maximum atomic E-state index is 11.7. The molecule has 0 bridgehead atoms. The third kappa shape index (κ3) is 5.57. The minimum absolute atomic E-state index is 0.0312. The van der Waals surface area contributed by atoms with Crippen LogP contribution in [0.1, 0.15) is 30.9 Å². The number of carboxylic acid groups (broad SMARTS) is 1. The molecule has 0 aliphatic heterocycles. The predicted octanol–water partition coefficient (Wildman–Crippen LogP) is 7.71. The Kier molecular flexibility index (Phi) is 7.50. The maximum Gasteiger partial charge on any atom is 0.512 e. The average molecular weight is 523 g/mol. The molecular weight excluding hydrogens is 492 g/mol. The first-order valence-corrected chi connectivity index (χ1v) is 13.0. The molecule has 0 fully saturated rings. The lowest BCUT2D eigenvalue weighted by Crippen LogP contribution is -2.09. The summed E-state index contributed by atoms with van der Waals surface area (Å²) >= 11 is 0. The number of rotatable bonds is 9. The van der Waals surface area contributed by atoms with Gasteiger partial charge in [-0.1, -0.05) is 61.5 Å². The summed E-state index contributed by atoms with van der Waals surface area (Å²) in [5.74, 6) is 0.963. The van der Waals surface area contributed by atoms with Crippen LogP contribution in [-0.2, 0) is 11.2 Å². The highest BCUT2D eigenvalue weighted by molar-refractivity contribution is 5.99. The second-order valence-electron chi connectivity index (χ2n) is 9.39. The Bertz CT molecular complexity index is 1670. The van der Waals surface area contributed by atoms with E-state index in [9.17, 15) is 14.7 Å². The summed E-state index contributed by atoms with van der Waals surface area (Å²) in [6.45, 7) is 4.31. The molecule has 1 aromatic heterocycles. The molecule has 0 aliphatic rings. The van der Waals surface area contributed by atoms with Crippen LogP contribution in [0.3, 0.4) is 0 Å². The number of carbonyl (C=O) groups is 2. The SMILES string of the molecule is CCC(=O)Nc1ccc2c(OCCCc3c(OC(=O)O)[nH]c4c(-c5ccccc5C)cccc34)cccc2c1. The Labute approximate surface area is 226 Å². The first-order valence-electron chi connectivity index (χ1n) is 13.0. The number of aryl methyl sites for hydroxylation is 2. The molecule has 0 unspecified atom stereocenters. The fourth-order valence-electron chi connectivity index (χ4n) is 4.91. The van der Waals surface area contributed by atoms with Crippen molar-refractivity contribution in [2.75, 3.05) is 11.9 Å². The van der Waals surface area contributed by atoms with Crippen molar-refractivity contribution in [2.45, 2.75) is 33.1 Å². The molecule has 7 nitrogen and oxygen atoms in total. The van der Waals surface area contributed by atoms with Crippen LogP contribution in [0.25, 0.3) is 32.8 Å². The van der Waals surface area contributed by atoms with Gasteiger partial charge in [0.1, 0.15) is 5.75 Å². The highest BCUT2D eigenvalue weighted by Crippen LogP contribution is 2.37. The third-order valence-electron chi connectivity index (χ3n) is 6.80. The number of benzene rings is 4. The molecule has 0 atom stereocenters. The summed E-state index contributed by atoms with van der Waals surface area (Å²) in [5, 5.41) is 15.1. The number of nitrogens with one attached hydrogen (secondary N) is 2. The van der Waals surface area contributed by atoms with Gasteiger partial charge in [-0.25, -0.2) is 4.79 Å². The summed E-state index contributed by atoms with van der Waals surface area (Å²) < 4.78 is 11.3. The molecule has 7 heteroatoms. The zero-order chi connectivity index (χ0) is 27.4. The molecule has 0 spiro atoms. The molecule has 5 rings (SSSR count). The number of hydrogen-bond acceptors (Lipinski definition) is 4. The Morgan fingerprint density at radius 3 is 2.51 bits per heavy atom. The van der Waals surface area contributed by atoms with Gasteiger partial charge in [-0.3, -0.25) is 4.79 Å². The molecule has 39 heavy (non-hydrogen) atoms. The molecule has 0 radical (unpaired) electrons. The number of para-hydroxylation sites is 1. The van der Waals surface area contributed by atoms with E-state index in [0.29, 0.717) is 25.9 Å². The highest BCUT2D eigenvalue weighted by Gasteiger charge is 2.18. The molecule has 0 saturated carbocycles. The van der Waals surface area contributed by atoms with Crippen LogP contribution >= 0.6 is 0 Å². The van der Waals surface area contributed by atoms with Gasteiger partial charge in [-0.2, -0.15) is 0 Å². The van der Waals surface area contributed by atoms with Crippen LogP contribution in [0.4, 0.5) is 10.5 Å². The summed E-state index contributed by atoms with van der Waals surface area (Å²) in [5.41, 5.74) is 5.61. The van der Waals surface area contributed by atoms with Crippen molar-refractivity contribution in [3.05, 3.63) is 90.0 Å². The molecular formula is C32H30N2O5. The van der Waals surface area contributed by atoms with Crippen LogP contribution in [-0.4, -0.2) is 28.8 Å². The number of H-pyrrole nitrogens is 1. The Balaban J connectivity index is 1.36. The molecule has 1 amide bonds. The maximum absolute atomic E-state index is 11.7. The van der Waals surface area contributed by atoms with Gasteiger partial charge in [0.05, 0.1) is 12.1 Å². The minimum atomic E-state index is -1.36. The molecule has 1 heterocycles. The molecule has 0 aliphatic carbocycles. The van der Waals surface area contributed by atoms with Crippen molar-refractivity contribution in [3.63, 3.8) is 0 Å². The summed E-state index contributed by atoms with van der Waals surface area (Å²) in [7, 11) is 0. The number of fused-ring (bicyclic) bond motifs is 2. The fraction of sp³-hybridized carbons (Fsp3) is 0.188. The topological polar surface area (TPSA) is 101 Å². The van der Waals surface area contributed by atoms with Gasteiger partial charge in [0.15, 0.2) is 0 Å². The van der Waals surface area contributed by atoms with E-state index in [1.807, 2.05) is 73.7 Å². The Hall–Kier alpha value is -4.78. The van der Waals surface area contributed by atoms with Gasteiger partial charge in [-0.05, 0) is 60.5 Å². The lowest BCUT2D eigenvalue weighted by atomic mass is 9.97. The Morgan fingerprint density at radius 2 is 1.72 bits per heavy atom. The van der Waals surface area contributed by atoms with E-state index in [1.54, 1.807) is 0 Å². The summed E-state index contributed by atoms with van der Waals surface area (Å²) in [4.78, 5) is 26.4. The van der Waals surface area contributed by atoms with E-state index in [-0.39, 0.29) is 11.8 Å². The van der Waals surface area contributed by atoms with E-state index >= 15 is 0 Å². The number of aromatic amines is 1. The molecule has 3 N–H and O–H groups in total. The summed E-state index contributed by atoms with van der Waals surface area (Å²) in [6.07, 6.45) is 0.280. The third-order valence-corrected chi connectivity index (χ3v) is 6.80. The monoisotopic (exact) mass is 522 g/mol. The quantitative estimate of drug-likeness (QED) is 0.136. The number of carbonyl (C=O) groups excluding carboxylic acids is 1. The highest BCUT2D eigenvalue weighted by atomic mass is 16.7. The number of aromatic nitrogens is 1. The van der Waals surface area contributed by atoms with Crippen molar-refractivity contribution in [3.8, 4) is 22.8 Å². The predicted molar refractivity (Wildman–Crippen MR) is 154 cm³/mol. The van der Waals surface area contributed by atoms with E-state index in [0.717, 1.165) is 55.4 Å². The Morgan fingerprint density at radius 1 is 0.923 bits per heavy atom. The molecule has 4 aromatic carbocycles. The van der Waals surface area contributed by atoms with Gasteiger partial charge in [-0.15, -0.1) is 0 Å². The van der Waals surface area contributed by atoms with Gasteiger partial charge < -0.3 is 24.9 Å². The minimum Gasteiger partial charge on any atom is -0.493 e. The molecule has 0 saturated heterocycles. The van der Waals surface area contributed by atoms with Gasteiger partial charge >= 0.3 is 6.16 Å². The zero-order valence-corrected chi connectivity index (χ0v) is 21.9. The van der Waals surface area contributed by atoms with Crippen LogP contribution in [0, 0.1) is 6.92 Å². The smallest absolute Gasteiger partial charge is 0.493 e. The van der Waals surface area contributed by atoms with Crippen molar-refractivity contribution < 1.29 is 24.2 Å². The van der Waals surface area contributed by atoms with Crippen LogP contribution in [0.15, 0.2) is 78.9 Å². The van der Waals surface area contributed by atoms with E-state index in [4.69, 9.17) is 9.47 Å². The van der Waals surface area contributed by atoms with Crippen LogP contribution < -0.4 is 14.8 Å².